The second-order valence-corrected chi connectivity index (χ2v) is 7.80. The van der Waals surface area contributed by atoms with Gasteiger partial charge in [-0.25, -0.2) is 9.97 Å². The highest BCUT2D eigenvalue weighted by molar-refractivity contribution is 7.15. The number of ether oxygens (including phenoxy) is 1. The zero-order valence-electron chi connectivity index (χ0n) is 15.1. The minimum Gasteiger partial charge on any atom is -0.496 e. The van der Waals surface area contributed by atoms with E-state index in [4.69, 9.17) is 4.74 Å². The summed E-state index contributed by atoms with van der Waals surface area (Å²) in [4.78, 5) is 12.9. The van der Waals surface area contributed by atoms with Crippen LogP contribution in [0.25, 0.3) is 10.6 Å². The largest absolute Gasteiger partial charge is 0.496 e. The lowest BCUT2D eigenvalue weighted by molar-refractivity contribution is 0.198. The first-order valence-electron chi connectivity index (χ1n) is 8.92. The number of para-hydroxylation sites is 1. The number of nitrogens with one attached hydrogen (secondary N) is 1. The average Bonchev–Trinajstić information content (AvgIpc) is 3.31. The quantitative estimate of drug-likeness (QED) is 0.744. The first-order valence-corrected chi connectivity index (χ1v) is 9.74. The zero-order valence-corrected chi connectivity index (χ0v) is 15.9. The molecule has 0 aliphatic carbocycles. The van der Waals surface area contributed by atoms with Gasteiger partial charge >= 0.3 is 0 Å². The van der Waals surface area contributed by atoms with Crippen LogP contribution in [0.4, 0.5) is 0 Å². The lowest BCUT2D eigenvalue weighted by Crippen LogP contribution is -2.34. The molecule has 0 amide bonds. The minimum atomic E-state index is 0.412. The van der Waals surface area contributed by atoms with Crippen LogP contribution in [0.2, 0.25) is 0 Å². The molecule has 4 rings (SSSR count). The normalized spacial score (nSPS) is 18.2. The molecule has 1 aromatic carbocycles. The van der Waals surface area contributed by atoms with Gasteiger partial charge in [0.05, 0.1) is 12.7 Å². The Kier molecular flexibility index (Phi) is 4.99. The molecule has 26 heavy (non-hydrogen) atoms. The number of aryl methyl sites for hydroxylation is 1. The Labute approximate surface area is 157 Å². The number of rotatable bonds is 5. The van der Waals surface area contributed by atoms with Crippen molar-refractivity contribution in [2.24, 2.45) is 0 Å². The third-order valence-electron chi connectivity index (χ3n) is 4.76. The number of benzene rings is 1. The van der Waals surface area contributed by atoms with Crippen LogP contribution in [0.3, 0.4) is 0 Å². The summed E-state index contributed by atoms with van der Waals surface area (Å²) >= 11 is 1.74. The summed E-state index contributed by atoms with van der Waals surface area (Å²) in [5.74, 6) is 3.12. The maximum Gasteiger partial charge on any atom is 0.155 e. The molecule has 1 fully saturated rings. The third kappa shape index (κ3) is 3.64. The van der Waals surface area contributed by atoms with E-state index in [9.17, 15) is 0 Å². The van der Waals surface area contributed by atoms with Crippen molar-refractivity contribution in [3.63, 3.8) is 0 Å². The Morgan fingerprint density at radius 3 is 3.04 bits per heavy atom. The summed E-state index contributed by atoms with van der Waals surface area (Å²) in [5, 5.41) is 8.33. The van der Waals surface area contributed by atoms with Gasteiger partial charge in [0.2, 0.25) is 0 Å². The van der Waals surface area contributed by atoms with E-state index < -0.39 is 0 Å². The molecule has 3 heterocycles. The van der Waals surface area contributed by atoms with Gasteiger partial charge in [0.1, 0.15) is 16.6 Å². The summed E-state index contributed by atoms with van der Waals surface area (Å²) in [6.45, 7) is 4.99. The van der Waals surface area contributed by atoms with Crippen LogP contribution in [-0.2, 0) is 6.54 Å². The standard InChI is InChI=1S/C19H23N5OS/c1-13-21-18(23-22-13)14-6-5-9-24(11-14)12-15-10-20-19(26-15)16-7-3-4-8-17(16)25-2/h3-4,7-8,10,14H,5-6,9,11-12H2,1-2H3,(H,21,22,23)/t14-/m1/s1. The van der Waals surface area contributed by atoms with Crippen molar-refractivity contribution in [2.75, 3.05) is 20.2 Å². The third-order valence-corrected chi connectivity index (χ3v) is 5.77. The topological polar surface area (TPSA) is 66.9 Å². The van der Waals surface area contributed by atoms with Crippen LogP contribution < -0.4 is 4.74 Å². The number of hydrogen-bond acceptors (Lipinski definition) is 6. The summed E-state index contributed by atoms with van der Waals surface area (Å²) in [5.41, 5.74) is 1.05. The molecule has 136 valence electrons. The number of likely N-dealkylation sites (tertiary alicyclic amines) is 1. The van der Waals surface area contributed by atoms with E-state index in [1.165, 1.54) is 11.3 Å². The maximum absolute atomic E-state index is 5.46. The molecule has 6 nitrogen and oxygen atoms in total. The lowest BCUT2D eigenvalue weighted by atomic mass is 9.97. The predicted molar refractivity (Wildman–Crippen MR) is 102 cm³/mol. The van der Waals surface area contributed by atoms with Crippen molar-refractivity contribution in [3.05, 3.63) is 47.0 Å². The van der Waals surface area contributed by atoms with Gasteiger partial charge < -0.3 is 4.74 Å². The molecule has 7 heteroatoms. The van der Waals surface area contributed by atoms with E-state index in [0.717, 1.165) is 54.0 Å². The number of piperidine rings is 1. The second kappa shape index (κ2) is 7.55. The molecular weight excluding hydrogens is 346 g/mol. The molecule has 1 atom stereocenters. The van der Waals surface area contributed by atoms with Gasteiger partial charge in [-0.05, 0) is 38.4 Å². The summed E-state index contributed by atoms with van der Waals surface area (Å²) in [6, 6.07) is 8.04. The number of aromatic nitrogens is 4. The molecule has 0 bridgehead atoms. The van der Waals surface area contributed by atoms with Crippen LogP contribution in [0.1, 0.15) is 35.3 Å². The van der Waals surface area contributed by atoms with E-state index in [-0.39, 0.29) is 0 Å². The van der Waals surface area contributed by atoms with Gasteiger partial charge in [-0.3, -0.25) is 10.00 Å². The Balaban J connectivity index is 1.45. The van der Waals surface area contributed by atoms with E-state index in [1.54, 1.807) is 18.4 Å². The molecule has 0 unspecified atom stereocenters. The van der Waals surface area contributed by atoms with Crippen LogP contribution >= 0.6 is 11.3 Å². The number of hydrogen-bond donors (Lipinski definition) is 1. The molecule has 3 aromatic rings. The van der Waals surface area contributed by atoms with Crippen molar-refractivity contribution < 1.29 is 4.74 Å². The van der Waals surface area contributed by atoms with Crippen LogP contribution in [-0.4, -0.2) is 45.3 Å². The van der Waals surface area contributed by atoms with Gasteiger partial charge in [-0.15, -0.1) is 11.3 Å². The van der Waals surface area contributed by atoms with E-state index in [2.05, 4.69) is 31.1 Å². The monoisotopic (exact) mass is 369 g/mol. The lowest BCUT2D eigenvalue weighted by Gasteiger charge is -2.30. The molecule has 0 spiro atoms. The van der Waals surface area contributed by atoms with Crippen molar-refractivity contribution in [1.82, 2.24) is 25.1 Å². The number of aromatic amines is 1. The second-order valence-electron chi connectivity index (χ2n) is 6.69. The van der Waals surface area contributed by atoms with Gasteiger partial charge in [0, 0.05) is 30.1 Å². The Bertz CT molecular complexity index is 874. The van der Waals surface area contributed by atoms with E-state index in [1.807, 2.05) is 31.3 Å². The molecule has 1 N–H and O–H groups in total. The fourth-order valence-corrected chi connectivity index (χ4v) is 4.48. The Hall–Kier alpha value is -2.25. The molecule has 1 aliphatic rings. The minimum absolute atomic E-state index is 0.412. The fraction of sp³-hybridized carbons (Fsp3) is 0.421. The smallest absolute Gasteiger partial charge is 0.155 e. The van der Waals surface area contributed by atoms with Crippen molar-refractivity contribution in [1.29, 1.82) is 0 Å². The van der Waals surface area contributed by atoms with E-state index in [0.29, 0.717) is 5.92 Å². The summed E-state index contributed by atoms with van der Waals surface area (Å²) in [7, 11) is 1.70. The fourth-order valence-electron chi connectivity index (χ4n) is 3.50. The number of thiazole rings is 1. The Morgan fingerprint density at radius 2 is 2.23 bits per heavy atom. The highest BCUT2D eigenvalue weighted by Crippen LogP contribution is 2.33. The first kappa shape index (κ1) is 17.2. The molecule has 0 saturated carbocycles. The van der Waals surface area contributed by atoms with Crippen molar-refractivity contribution in [3.8, 4) is 16.3 Å². The number of nitrogens with zero attached hydrogens (tertiary/aromatic N) is 4. The summed E-state index contributed by atoms with van der Waals surface area (Å²) < 4.78 is 5.46. The summed E-state index contributed by atoms with van der Waals surface area (Å²) in [6.07, 6.45) is 4.33. The molecular formula is C19H23N5OS. The number of methoxy groups -OCH3 is 1. The number of H-pyrrole nitrogens is 1. The van der Waals surface area contributed by atoms with Gasteiger partial charge in [0.15, 0.2) is 5.82 Å². The van der Waals surface area contributed by atoms with Gasteiger partial charge in [-0.2, -0.15) is 5.10 Å². The zero-order chi connectivity index (χ0) is 17.9. The highest BCUT2D eigenvalue weighted by atomic mass is 32.1. The van der Waals surface area contributed by atoms with Gasteiger partial charge in [0.25, 0.3) is 0 Å². The Morgan fingerprint density at radius 1 is 1.35 bits per heavy atom. The highest BCUT2D eigenvalue weighted by Gasteiger charge is 2.24. The predicted octanol–water partition coefficient (Wildman–Crippen LogP) is 3.62. The SMILES string of the molecule is COc1ccccc1-c1ncc(CN2CCC[C@@H](c3n[nH]c(C)n3)C2)s1. The van der Waals surface area contributed by atoms with Crippen LogP contribution in [0, 0.1) is 6.92 Å². The van der Waals surface area contributed by atoms with E-state index >= 15 is 0 Å². The maximum atomic E-state index is 5.46. The van der Waals surface area contributed by atoms with Crippen molar-refractivity contribution in [2.45, 2.75) is 32.2 Å². The van der Waals surface area contributed by atoms with Crippen LogP contribution in [0.15, 0.2) is 30.5 Å². The van der Waals surface area contributed by atoms with Crippen molar-refractivity contribution >= 4 is 11.3 Å². The van der Waals surface area contributed by atoms with Gasteiger partial charge in [-0.1, -0.05) is 12.1 Å². The molecule has 1 saturated heterocycles. The average molecular weight is 369 g/mol. The molecule has 0 radical (unpaired) electrons. The first-order chi connectivity index (χ1) is 12.7. The molecule has 2 aromatic heterocycles. The molecule has 1 aliphatic heterocycles. The van der Waals surface area contributed by atoms with Crippen LogP contribution in [0.5, 0.6) is 5.75 Å².